The molecule has 6 nitrogen and oxygen atoms in total. The number of methoxy groups -OCH3 is 1. The van der Waals surface area contributed by atoms with E-state index in [-0.39, 0.29) is 12.0 Å². The number of hydrogen-bond donors (Lipinski definition) is 0. The summed E-state index contributed by atoms with van der Waals surface area (Å²) in [6.07, 6.45) is 4.58. The molecule has 120 valence electrons. The van der Waals surface area contributed by atoms with E-state index in [2.05, 4.69) is 9.88 Å². The minimum absolute atomic E-state index is 0.103. The molecular weight excluding hydrogens is 282 g/mol. The first-order valence-electron chi connectivity index (χ1n) is 7.82. The third-order valence-electron chi connectivity index (χ3n) is 4.43. The third-order valence-corrected chi connectivity index (χ3v) is 4.43. The van der Waals surface area contributed by atoms with E-state index in [0.29, 0.717) is 24.8 Å². The maximum atomic E-state index is 12.5. The third kappa shape index (κ3) is 3.45. The summed E-state index contributed by atoms with van der Waals surface area (Å²) in [5, 5.41) is 0. The van der Waals surface area contributed by atoms with Crippen molar-refractivity contribution in [3.8, 4) is 0 Å². The molecule has 0 aromatic carbocycles. The van der Waals surface area contributed by atoms with Crippen LogP contribution in [0.2, 0.25) is 0 Å². The molecule has 1 aromatic heterocycles. The second-order valence-corrected chi connectivity index (χ2v) is 5.86. The molecule has 0 saturated carbocycles. The van der Waals surface area contributed by atoms with Crippen molar-refractivity contribution in [3.63, 3.8) is 0 Å². The first-order valence-corrected chi connectivity index (χ1v) is 7.82. The van der Waals surface area contributed by atoms with E-state index >= 15 is 0 Å². The van der Waals surface area contributed by atoms with E-state index in [0.717, 1.165) is 32.6 Å². The van der Waals surface area contributed by atoms with Gasteiger partial charge in [0.1, 0.15) is 0 Å². The Labute approximate surface area is 131 Å². The van der Waals surface area contributed by atoms with Gasteiger partial charge in [-0.2, -0.15) is 0 Å². The van der Waals surface area contributed by atoms with Crippen molar-refractivity contribution in [2.24, 2.45) is 0 Å². The van der Waals surface area contributed by atoms with Crippen molar-refractivity contribution >= 4 is 5.91 Å². The van der Waals surface area contributed by atoms with Gasteiger partial charge in [-0.1, -0.05) is 0 Å². The normalized spacial score (nSPS) is 25.2. The molecule has 2 aliphatic heterocycles. The number of carbonyl (C=O) groups is 1. The largest absolute Gasteiger partial charge is 0.382 e. The lowest BCUT2D eigenvalue weighted by atomic mass is 10.1. The molecule has 2 aliphatic rings. The molecule has 0 N–H and O–H groups in total. The first kappa shape index (κ1) is 15.4. The quantitative estimate of drug-likeness (QED) is 0.748. The summed E-state index contributed by atoms with van der Waals surface area (Å²) in [4.78, 5) is 20.9. The Kier molecular flexibility index (Phi) is 5.02. The Morgan fingerprint density at radius 2 is 2.09 bits per heavy atom. The Balaban J connectivity index is 1.54. The van der Waals surface area contributed by atoms with Crippen LogP contribution in [0.1, 0.15) is 16.8 Å². The monoisotopic (exact) mass is 305 g/mol. The predicted octanol–water partition coefficient (Wildman–Crippen LogP) is 0.643. The van der Waals surface area contributed by atoms with E-state index in [4.69, 9.17) is 9.47 Å². The molecule has 0 aliphatic carbocycles. The van der Waals surface area contributed by atoms with E-state index in [9.17, 15) is 4.79 Å². The Bertz CT molecular complexity index is 497. The second kappa shape index (κ2) is 7.17. The highest BCUT2D eigenvalue weighted by molar-refractivity contribution is 5.94. The molecule has 0 bridgehead atoms. The maximum Gasteiger partial charge on any atom is 0.254 e. The van der Waals surface area contributed by atoms with Gasteiger partial charge < -0.3 is 14.4 Å². The van der Waals surface area contributed by atoms with Crippen LogP contribution in [0.5, 0.6) is 0 Å². The number of hydrogen-bond acceptors (Lipinski definition) is 5. The van der Waals surface area contributed by atoms with Gasteiger partial charge in [-0.25, -0.2) is 0 Å². The number of carbonyl (C=O) groups excluding carboxylic acids is 1. The van der Waals surface area contributed by atoms with Gasteiger partial charge in [-0.15, -0.1) is 0 Å². The number of rotatable bonds is 5. The van der Waals surface area contributed by atoms with Crippen LogP contribution in [0, 0.1) is 0 Å². The number of aromatic nitrogens is 1. The molecule has 22 heavy (non-hydrogen) atoms. The highest BCUT2D eigenvalue weighted by Crippen LogP contribution is 2.24. The molecule has 6 heteroatoms. The van der Waals surface area contributed by atoms with Gasteiger partial charge in [-0.05, 0) is 18.6 Å². The van der Waals surface area contributed by atoms with Gasteiger partial charge in [-0.3, -0.25) is 14.7 Å². The maximum absolute atomic E-state index is 12.5. The fourth-order valence-corrected chi connectivity index (χ4v) is 3.28. The molecule has 3 heterocycles. The highest BCUT2D eigenvalue weighted by atomic mass is 16.5. The van der Waals surface area contributed by atoms with Crippen molar-refractivity contribution < 1.29 is 14.3 Å². The minimum atomic E-state index is 0.103. The zero-order valence-electron chi connectivity index (χ0n) is 13.0. The minimum Gasteiger partial charge on any atom is -0.382 e. The molecule has 0 radical (unpaired) electrons. The lowest BCUT2D eigenvalue weighted by Gasteiger charge is -2.37. The summed E-state index contributed by atoms with van der Waals surface area (Å²) < 4.78 is 10.9. The average molecular weight is 305 g/mol. The summed E-state index contributed by atoms with van der Waals surface area (Å²) in [5.74, 6) is 0.103. The van der Waals surface area contributed by atoms with Crippen LogP contribution in [-0.2, 0) is 9.47 Å². The smallest absolute Gasteiger partial charge is 0.254 e. The number of piperazine rings is 1. The highest BCUT2D eigenvalue weighted by Gasteiger charge is 2.37. The lowest BCUT2D eigenvalue weighted by molar-refractivity contribution is 0.0220. The number of fused-ring (bicyclic) bond motifs is 1. The molecule has 3 rings (SSSR count). The van der Waals surface area contributed by atoms with Crippen molar-refractivity contribution in [2.75, 3.05) is 46.5 Å². The molecule has 2 atom stereocenters. The molecular formula is C16H23N3O3. The van der Waals surface area contributed by atoms with Crippen LogP contribution in [0.3, 0.4) is 0 Å². The van der Waals surface area contributed by atoms with E-state index in [1.807, 2.05) is 4.90 Å². The molecule has 2 saturated heterocycles. The molecule has 1 amide bonds. The van der Waals surface area contributed by atoms with Gasteiger partial charge in [0, 0.05) is 57.3 Å². The summed E-state index contributed by atoms with van der Waals surface area (Å²) in [5.41, 5.74) is 0.717. The predicted molar refractivity (Wildman–Crippen MR) is 81.7 cm³/mol. The average Bonchev–Trinajstić information content (AvgIpc) is 2.97. The number of amides is 1. The fraction of sp³-hybridized carbons (Fsp3) is 0.625. The topological polar surface area (TPSA) is 54.9 Å². The first-order chi connectivity index (χ1) is 10.8. The van der Waals surface area contributed by atoms with Gasteiger partial charge >= 0.3 is 0 Å². The van der Waals surface area contributed by atoms with Gasteiger partial charge in [0.2, 0.25) is 0 Å². The second-order valence-electron chi connectivity index (χ2n) is 5.86. The van der Waals surface area contributed by atoms with E-state index in [1.54, 1.807) is 31.6 Å². The van der Waals surface area contributed by atoms with Crippen molar-refractivity contribution in [1.82, 2.24) is 14.8 Å². The van der Waals surface area contributed by atoms with Gasteiger partial charge in [0.05, 0.1) is 19.3 Å². The van der Waals surface area contributed by atoms with E-state index < -0.39 is 0 Å². The summed E-state index contributed by atoms with van der Waals surface area (Å²) in [7, 11) is 1.68. The van der Waals surface area contributed by atoms with Crippen molar-refractivity contribution in [2.45, 2.75) is 18.6 Å². The molecule has 0 spiro atoms. The summed E-state index contributed by atoms with van der Waals surface area (Å²) in [6, 6.07) is 3.96. The van der Waals surface area contributed by atoms with Crippen LogP contribution in [0.4, 0.5) is 0 Å². The molecule has 0 unspecified atom stereocenters. The standard InChI is InChI=1S/C16H23N3O3/c1-21-8-9-22-15-10-14-11-19(7-6-18(14)12-15)16(20)13-2-4-17-5-3-13/h2-5,14-15H,6-12H2,1H3/t14-,15-/m1/s1. The number of pyridine rings is 1. The van der Waals surface area contributed by atoms with Crippen LogP contribution in [-0.4, -0.2) is 79.3 Å². The fourth-order valence-electron chi connectivity index (χ4n) is 3.28. The molecule has 2 fully saturated rings. The van der Waals surface area contributed by atoms with Crippen LogP contribution >= 0.6 is 0 Å². The Hall–Kier alpha value is -1.50. The van der Waals surface area contributed by atoms with E-state index in [1.165, 1.54) is 0 Å². The number of ether oxygens (including phenoxy) is 2. The summed E-state index contributed by atoms with van der Waals surface area (Å²) >= 11 is 0. The number of nitrogens with zero attached hydrogens (tertiary/aromatic N) is 3. The zero-order chi connectivity index (χ0) is 15.4. The SMILES string of the molecule is COCCO[C@@H]1C[C@@H]2CN(C(=O)c3ccncc3)CCN2C1. The van der Waals surface area contributed by atoms with Crippen molar-refractivity contribution in [1.29, 1.82) is 0 Å². The zero-order valence-corrected chi connectivity index (χ0v) is 13.0. The van der Waals surface area contributed by atoms with Crippen LogP contribution in [0.25, 0.3) is 0 Å². The van der Waals surface area contributed by atoms with Gasteiger partial charge in [0.15, 0.2) is 0 Å². The van der Waals surface area contributed by atoms with Crippen LogP contribution < -0.4 is 0 Å². The van der Waals surface area contributed by atoms with Crippen molar-refractivity contribution in [3.05, 3.63) is 30.1 Å². The lowest BCUT2D eigenvalue weighted by Crippen LogP contribution is -2.52. The Morgan fingerprint density at radius 1 is 1.27 bits per heavy atom. The Morgan fingerprint density at radius 3 is 2.86 bits per heavy atom. The summed E-state index contributed by atoms with van der Waals surface area (Å²) in [6.45, 7) is 4.72. The van der Waals surface area contributed by atoms with Crippen LogP contribution in [0.15, 0.2) is 24.5 Å². The molecule has 1 aromatic rings. The van der Waals surface area contributed by atoms with Gasteiger partial charge in [0.25, 0.3) is 5.91 Å².